The Morgan fingerprint density at radius 2 is 2.00 bits per heavy atom. The topological polar surface area (TPSA) is 51.0 Å². The molecule has 0 fully saturated rings. The van der Waals surface area contributed by atoms with Crippen LogP contribution in [0.1, 0.15) is 26.7 Å². The summed E-state index contributed by atoms with van der Waals surface area (Å²) in [5.41, 5.74) is 0.671. The van der Waals surface area contributed by atoms with E-state index in [2.05, 4.69) is 10.2 Å². The van der Waals surface area contributed by atoms with E-state index in [1.807, 2.05) is 6.92 Å². The zero-order chi connectivity index (χ0) is 13.4. The highest BCUT2D eigenvalue weighted by Crippen LogP contribution is 2.18. The third-order valence-electron chi connectivity index (χ3n) is 2.26. The lowest BCUT2D eigenvalue weighted by atomic mass is 10.2. The van der Waals surface area contributed by atoms with Gasteiger partial charge in [0.25, 0.3) is 0 Å². The van der Waals surface area contributed by atoms with Crippen LogP contribution in [0.4, 0.5) is 5.69 Å². The van der Waals surface area contributed by atoms with Gasteiger partial charge in [0.15, 0.2) is 6.04 Å². The fourth-order valence-corrected chi connectivity index (χ4v) is 1.50. The van der Waals surface area contributed by atoms with E-state index < -0.39 is 6.04 Å². The van der Waals surface area contributed by atoms with Crippen LogP contribution in [0, 0.1) is 0 Å². The number of benzene rings is 1. The summed E-state index contributed by atoms with van der Waals surface area (Å²) in [6.45, 7) is 4.12. The maximum atomic E-state index is 11.6. The average Bonchev–Trinajstić information content (AvgIpc) is 2.36. The van der Waals surface area contributed by atoms with Gasteiger partial charge in [-0.2, -0.15) is 10.2 Å². The lowest BCUT2D eigenvalue weighted by Gasteiger charge is -2.08. The lowest BCUT2D eigenvalue weighted by molar-refractivity contribution is -0.144. The Hall–Kier alpha value is -1.42. The van der Waals surface area contributed by atoms with Gasteiger partial charge in [0, 0.05) is 5.02 Å². The Morgan fingerprint density at radius 3 is 2.56 bits per heavy atom. The van der Waals surface area contributed by atoms with Crippen LogP contribution in [0.15, 0.2) is 34.5 Å². The summed E-state index contributed by atoms with van der Waals surface area (Å²) < 4.78 is 4.95. The molecule has 18 heavy (non-hydrogen) atoms. The predicted octanol–water partition coefficient (Wildman–Crippen LogP) is 4.16. The number of hydrogen-bond acceptors (Lipinski definition) is 4. The first-order chi connectivity index (χ1) is 8.67. The fourth-order valence-electron chi connectivity index (χ4n) is 1.38. The smallest absolute Gasteiger partial charge is 0.332 e. The SMILES string of the molecule is CCCC(N=Nc1ccc(Cl)cc1)C(=O)OCC. The van der Waals surface area contributed by atoms with Crippen molar-refractivity contribution in [1.29, 1.82) is 0 Å². The van der Waals surface area contributed by atoms with E-state index in [1.54, 1.807) is 31.2 Å². The van der Waals surface area contributed by atoms with E-state index in [4.69, 9.17) is 16.3 Å². The van der Waals surface area contributed by atoms with Gasteiger partial charge in [-0.05, 0) is 37.6 Å². The van der Waals surface area contributed by atoms with E-state index in [1.165, 1.54) is 0 Å². The van der Waals surface area contributed by atoms with E-state index in [0.717, 1.165) is 6.42 Å². The van der Waals surface area contributed by atoms with Gasteiger partial charge >= 0.3 is 5.97 Å². The van der Waals surface area contributed by atoms with Crippen molar-refractivity contribution in [2.24, 2.45) is 10.2 Å². The number of carbonyl (C=O) groups is 1. The van der Waals surface area contributed by atoms with Crippen molar-refractivity contribution in [2.45, 2.75) is 32.7 Å². The second kappa shape index (κ2) is 7.82. The molecular formula is C13H17ClN2O2. The maximum absolute atomic E-state index is 11.6. The molecule has 0 saturated carbocycles. The summed E-state index contributed by atoms with van der Waals surface area (Å²) in [5, 5.41) is 8.72. The molecule has 0 aliphatic rings. The molecule has 0 bridgehead atoms. The van der Waals surface area contributed by atoms with Crippen molar-refractivity contribution >= 4 is 23.3 Å². The van der Waals surface area contributed by atoms with Crippen LogP contribution in [-0.2, 0) is 9.53 Å². The maximum Gasteiger partial charge on any atom is 0.332 e. The minimum absolute atomic E-state index is 0.322. The van der Waals surface area contributed by atoms with Crippen LogP contribution in [0.3, 0.4) is 0 Å². The molecule has 0 aliphatic carbocycles. The summed E-state index contributed by atoms with van der Waals surface area (Å²) in [6, 6.07) is 6.44. The van der Waals surface area contributed by atoms with Gasteiger partial charge in [0.1, 0.15) is 0 Å². The summed E-state index contributed by atoms with van der Waals surface area (Å²) in [7, 11) is 0. The number of nitrogens with zero attached hydrogens (tertiary/aromatic N) is 2. The highest BCUT2D eigenvalue weighted by atomic mass is 35.5. The zero-order valence-electron chi connectivity index (χ0n) is 10.6. The monoisotopic (exact) mass is 268 g/mol. The average molecular weight is 269 g/mol. The Labute approximate surface area is 112 Å². The molecule has 0 aromatic heterocycles. The van der Waals surface area contributed by atoms with Crippen LogP contribution >= 0.6 is 11.6 Å². The number of hydrogen-bond donors (Lipinski definition) is 0. The molecule has 0 heterocycles. The third kappa shape index (κ3) is 4.84. The van der Waals surface area contributed by atoms with Crippen molar-refractivity contribution in [1.82, 2.24) is 0 Å². The van der Waals surface area contributed by atoms with E-state index in [0.29, 0.717) is 23.7 Å². The number of rotatable bonds is 6. The van der Waals surface area contributed by atoms with Crippen molar-refractivity contribution in [3.05, 3.63) is 29.3 Å². The summed E-state index contributed by atoms with van der Waals surface area (Å²) in [6.07, 6.45) is 1.49. The number of azo groups is 1. The van der Waals surface area contributed by atoms with Crippen molar-refractivity contribution in [3.8, 4) is 0 Å². The van der Waals surface area contributed by atoms with Gasteiger partial charge in [-0.15, -0.1) is 0 Å². The molecule has 0 radical (unpaired) electrons. The normalized spacial score (nSPS) is 12.6. The molecule has 1 aromatic carbocycles. The van der Waals surface area contributed by atoms with Crippen molar-refractivity contribution < 1.29 is 9.53 Å². The van der Waals surface area contributed by atoms with Crippen molar-refractivity contribution in [2.75, 3.05) is 6.61 Å². The summed E-state index contributed by atoms with van der Waals surface area (Å²) in [5.74, 6) is -0.322. The molecular weight excluding hydrogens is 252 g/mol. The van der Waals surface area contributed by atoms with Gasteiger partial charge in [-0.3, -0.25) is 0 Å². The van der Waals surface area contributed by atoms with Crippen LogP contribution in [0.2, 0.25) is 5.02 Å². The number of carbonyl (C=O) groups excluding carboxylic acids is 1. The molecule has 1 atom stereocenters. The molecule has 0 spiro atoms. The molecule has 4 nitrogen and oxygen atoms in total. The first-order valence-electron chi connectivity index (χ1n) is 6.00. The quantitative estimate of drug-likeness (QED) is 0.575. The Morgan fingerprint density at radius 1 is 1.33 bits per heavy atom. The fraction of sp³-hybridized carbons (Fsp3) is 0.462. The van der Waals surface area contributed by atoms with Crippen LogP contribution in [0.25, 0.3) is 0 Å². The Kier molecular flexibility index (Phi) is 6.36. The largest absolute Gasteiger partial charge is 0.464 e. The third-order valence-corrected chi connectivity index (χ3v) is 2.51. The predicted molar refractivity (Wildman–Crippen MR) is 71.3 cm³/mol. The highest BCUT2D eigenvalue weighted by Gasteiger charge is 2.17. The second-order valence-corrected chi connectivity index (χ2v) is 4.18. The number of ether oxygens (including phenoxy) is 1. The molecule has 1 rings (SSSR count). The van der Waals surface area contributed by atoms with Crippen LogP contribution in [0.5, 0.6) is 0 Å². The van der Waals surface area contributed by atoms with Gasteiger partial charge in [0.05, 0.1) is 12.3 Å². The molecule has 0 N–H and O–H groups in total. The van der Waals surface area contributed by atoms with Gasteiger partial charge in [-0.25, -0.2) is 4.79 Å². The van der Waals surface area contributed by atoms with E-state index in [9.17, 15) is 4.79 Å². The van der Waals surface area contributed by atoms with Crippen molar-refractivity contribution in [3.63, 3.8) is 0 Å². The molecule has 1 unspecified atom stereocenters. The minimum atomic E-state index is -0.523. The zero-order valence-corrected chi connectivity index (χ0v) is 11.4. The standard InChI is InChI=1S/C13H17ClN2O2/c1-3-5-12(13(17)18-4-2)16-15-11-8-6-10(14)7-9-11/h6-9,12H,3-5H2,1-2H3. The molecule has 5 heteroatoms. The Balaban J connectivity index is 2.70. The minimum Gasteiger partial charge on any atom is -0.464 e. The van der Waals surface area contributed by atoms with Gasteiger partial charge in [-0.1, -0.05) is 24.9 Å². The molecule has 0 amide bonds. The molecule has 0 aliphatic heterocycles. The molecule has 0 saturated heterocycles. The van der Waals surface area contributed by atoms with Gasteiger partial charge < -0.3 is 4.74 Å². The Bertz CT molecular complexity index is 404. The van der Waals surface area contributed by atoms with E-state index in [-0.39, 0.29) is 5.97 Å². The lowest BCUT2D eigenvalue weighted by Crippen LogP contribution is -2.20. The molecule has 1 aromatic rings. The summed E-state index contributed by atoms with van der Waals surface area (Å²) in [4.78, 5) is 11.6. The second-order valence-electron chi connectivity index (χ2n) is 3.75. The van der Waals surface area contributed by atoms with Gasteiger partial charge in [0.2, 0.25) is 0 Å². The van der Waals surface area contributed by atoms with Crippen LogP contribution < -0.4 is 0 Å². The number of halogens is 1. The van der Waals surface area contributed by atoms with Crippen LogP contribution in [-0.4, -0.2) is 18.6 Å². The number of esters is 1. The first-order valence-corrected chi connectivity index (χ1v) is 6.38. The highest BCUT2D eigenvalue weighted by molar-refractivity contribution is 6.30. The first kappa shape index (κ1) is 14.6. The summed E-state index contributed by atoms with van der Waals surface area (Å²) >= 11 is 5.77. The molecule has 98 valence electrons. The van der Waals surface area contributed by atoms with E-state index >= 15 is 0 Å².